The van der Waals surface area contributed by atoms with Crippen LogP contribution in [-0.4, -0.2) is 36.7 Å². The highest BCUT2D eigenvalue weighted by Crippen LogP contribution is 2.15. The van der Waals surface area contributed by atoms with E-state index in [1.807, 2.05) is 0 Å². The van der Waals surface area contributed by atoms with Gasteiger partial charge in [0.15, 0.2) is 0 Å². The Morgan fingerprint density at radius 1 is 1.32 bits per heavy atom. The number of rotatable bonds is 4. The summed E-state index contributed by atoms with van der Waals surface area (Å²) >= 11 is 0. The normalized spacial score (nSPS) is 20.1. The standard InChI is InChI=1S/C15H24N2O.ClH/c1-12(2)18-15-6-4-14(5-7-15)11-17-9-8-16-13(3)10-17;/h4-7,12-13,16H,8-11H2,1-3H3;1H. The lowest BCUT2D eigenvalue weighted by Gasteiger charge is -2.31. The molecule has 1 saturated heterocycles. The summed E-state index contributed by atoms with van der Waals surface area (Å²) in [6, 6.07) is 9.08. The van der Waals surface area contributed by atoms with Crippen molar-refractivity contribution in [1.29, 1.82) is 0 Å². The molecule has 2 rings (SSSR count). The highest BCUT2D eigenvalue weighted by molar-refractivity contribution is 5.85. The molecule has 0 spiro atoms. The SMILES string of the molecule is CC1CN(Cc2ccc(OC(C)C)cc2)CCN1.Cl. The summed E-state index contributed by atoms with van der Waals surface area (Å²) in [7, 11) is 0. The largest absolute Gasteiger partial charge is 0.491 e. The van der Waals surface area contributed by atoms with Gasteiger partial charge in [0.25, 0.3) is 0 Å². The first-order valence-electron chi connectivity index (χ1n) is 6.85. The van der Waals surface area contributed by atoms with Crippen LogP contribution in [0.15, 0.2) is 24.3 Å². The van der Waals surface area contributed by atoms with Gasteiger partial charge in [-0.3, -0.25) is 4.90 Å². The molecule has 1 N–H and O–H groups in total. The van der Waals surface area contributed by atoms with Crippen LogP contribution in [0.1, 0.15) is 26.3 Å². The van der Waals surface area contributed by atoms with Gasteiger partial charge in [0, 0.05) is 32.2 Å². The zero-order valence-electron chi connectivity index (χ0n) is 12.1. The Morgan fingerprint density at radius 3 is 2.58 bits per heavy atom. The van der Waals surface area contributed by atoms with Crippen LogP contribution in [0, 0.1) is 0 Å². The maximum absolute atomic E-state index is 5.65. The van der Waals surface area contributed by atoms with Gasteiger partial charge < -0.3 is 10.1 Å². The van der Waals surface area contributed by atoms with Crippen LogP contribution in [0.3, 0.4) is 0 Å². The van der Waals surface area contributed by atoms with E-state index >= 15 is 0 Å². The van der Waals surface area contributed by atoms with Gasteiger partial charge in [-0.05, 0) is 38.5 Å². The highest BCUT2D eigenvalue weighted by atomic mass is 35.5. The van der Waals surface area contributed by atoms with E-state index in [0.29, 0.717) is 6.04 Å². The molecule has 0 aliphatic carbocycles. The molecule has 1 aromatic carbocycles. The minimum atomic E-state index is 0. The summed E-state index contributed by atoms with van der Waals surface area (Å²) in [4.78, 5) is 2.50. The molecule has 1 unspecified atom stereocenters. The fraction of sp³-hybridized carbons (Fsp3) is 0.600. The summed E-state index contributed by atoms with van der Waals surface area (Å²) < 4.78 is 5.65. The van der Waals surface area contributed by atoms with E-state index in [0.717, 1.165) is 31.9 Å². The van der Waals surface area contributed by atoms with Crippen molar-refractivity contribution in [2.45, 2.75) is 39.5 Å². The maximum Gasteiger partial charge on any atom is 0.119 e. The number of nitrogens with one attached hydrogen (secondary N) is 1. The molecule has 1 aliphatic rings. The van der Waals surface area contributed by atoms with Crippen molar-refractivity contribution in [3.8, 4) is 5.75 Å². The molecule has 0 aromatic heterocycles. The minimum absolute atomic E-state index is 0. The van der Waals surface area contributed by atoms with Crippen LogP contribution >= 0.6 is 12.4 Å². The fourth-order valence-electron chi connectivity index (χ4n) is 2.36. The van der Waals surface area contributed by atoms with E-state index in [4.69, 9.17) is 4.74 Å². The minimum Gasteiger partial charge on any atom is -0.491 e. The monoisotopic (exact) mass is 284 g/mol. The first-order valence-corrected chi connectivity index (χ1v) is 6.85. The molecular formula is C15H25ClN2O. The van der Waals surface area contributed by atoms with Gasteiger partial charge >= 0.3 is 0 Å². The molecule has 3 nitrogen and oxygen atoms in total. The van der Waals surface area contributed by atoms with E-state index in [-0.39, 0.29) is 18.5 Å². The van der Waals surface area contributed by atoms with E-state index in [1.165, 1.54) is 5.56 Å². The predicted octanol–water partition coefficient (Wildman–Crippen LogP) is 2.69. The van der Waals surface area contributed by atoms with Crippen LogP contribution in [-0.2, 0) is 6.54 Å². The van der Waals surface area contributed by atoms with Crippen molar-refractivity contribution in [1.82, 2.24) is 10.2 Å². The lowest BCUT2D eigenvalue weighted by molar-refractivity contribution is 0.199. The second-order valence-corrected chi connectivity index (χ2v) is 5.40. The lowest BCUT2D eigenvalue weighted by Crippen LogP contribution is -2.48. The molecule has 0 amide bonds. The van der Waals surface area contributed by atoms with Gasteiger partial charge in [0.2, 0.25) is 0 Å². The number of hydrogen-bond acceptors (Lipinski definition) is 3. The molecule has 4 heteroatoms. The quantitative estimate of drug-likeness (QED) is 0.920. The zero-order valence-corrected chi connectivity index (χ0v) is 12.9. The number of ether oxygens (including phenoxy) is 1. The van der Waals surface area contributed by atoms with Crippen LogP contribution in [0.2, 0.25) is 0 Å². The third-order valence-electron chi connectivity index (χ3n) is 3.15. The Kier molecular flexibility index (Phi) is 6.63. The topological polar surface area (TPSA) is 24.5 Å². The molecule has 1 fully saturated rings. The molecule has 0 bridgehead atoms. The van der Waals surface area contributed by atoms with Crippen LogP contribution in [0.5, 0.6) is 5.75 Å². The van der Waals surface area contributed by atoms with Crippen LogP contribution in [0.25, 0.3) is 0 Å². The first-order chi connectivity index (χ1) is 8.63. The molecule has 1 atom stereocenters. The Hall–Kier alpha value is -0.770. The number of benzene rings is 1. The smallest absolute Gasteiger partial charge is 0.119 e. The van der Waals surface area contributed by atoms with E-state index in [2.05, 4.69) is 55.3 Å². The first kappa shape index (κ1) is 16.3. The summed E-state index contributed by atoms with van der Waals surface area (Å²) in [6.45, 7) is 10.7. The maximum atomic E-state index is 5.65. The van der Waals surface area contributed by atoms with Crippen molar-refractivity contribution < 1.29 is 4.74 Å². The van der Waals surface area contributed by atoms with Gasteiger partial charge in [-0.1, -0.05) is 12.1 Å². The highest BCUT2D eigenvalue weighted by Gasteiger charge is 2.15. The van der Waals surface area contributed by atoms with Gasteiger partial charge in [-0.15, -0.1) is 12.4 Å². The Labute approximate surface area is 122 Å². The average molecular weight is 285 g/mol. The van der Waals surface area contributed by atoms with Gasteiger partial charge in [0.1, 0.15) is 5.75 Å². The molecule has 1 aliphatic heterocycles. The lowest BCUT2D eigenvalue weighted by atomic mass is 10.1. The van der Waals surface area contributed by atoms with E-state index < -0.39 is 0 Å². The van der Waals surface area contributed by atoms with Crippen LogP contribution in [0.4, 0.5) is 0 Å². The third kappa shape index (κ3) is 5.39. The zero-order chi connectivity index (χ0) is 13.0. The van der Waals surface area contributed by atoms with Crippen molar-refractivity contribution in [3.63, 3.8) is 0 Å². The van der Waals surface area contributed by atoms with Crippen molar-refractivity contribution >= 4 is 12.4 Å². The second-order valence-electron chi connectivity index (χ2n) is 5.40. The van der Waals surface area contributed by atoms with Crippen molar-refractivity contribution in [2.75, 3.05) is 19.6 Å². The van der Waals surface area contributed by atoms with Gasteiger partial charge in [0.05, 0.1) is 6.10 Å². The van der Waals surface area contributed by atoms with Crippen LogP contribution < -0.4 is 10.1 Å². The van der Waals surface area contributed by atoms with E-state index in [9.17, 15) is 0 Å². The molecule has 1 heterocycles. The number of hydrogen-bond donors (Lipinski definition) is 1. The second kappa shape index (κ2) is 7.73. The molecular weight excluding hydrogens is 260 g/mol. The molecule has 0 saturated carbocycles. The molecule has 1 aromatic rings. The number of piperazine rings is 1. The van der Waals surface area contributed by atoms with Crippen molar-refractivity contribution in [3.05, 3.63) is 29.8 Å². The summed E-state index contributed by atoms with van der Waals surface area (Å²) in [5.41, 5.74) is 1.36. The molecule has 19 heavy (non-hydrogen) atoms. The molecule has 108 valence electrons. The summed E-state index contributed by atoms with van der Waals surface area (Å²) in [5, 5.41) is 3.47. The Balaban J connectivity index is 0.00000180. The molecule has 0 radical (unpaired) electrons. The van der Waals surface area contributed by atoms with Gasteiger partial charge in [-0.25, -0.2) is 0 Å². The Morgan fingerprint density at radius 2 is 2.00 bits per heavy atom. The predicted molar refractivity (Wildman–Crippen MR) is 82.2 cm³/mol. The number of nitrogens with zero attached hydrogens (tertiary/aromatic N) is 1. The van der Waals surface area contributed by atoms with E-state index in [1.54, 1.807) is 0 Å². The summed E-state index contributed by atoms with van der Waals surface area (Å²) in [6.07, 6.45) is 0.241. The number of halogens is 1. The van der Waals surface area contributed by atoms with Gasteiger partial charge in [-0.2, -0.15) is 0 Å². The third-order valence-corrected chi connectivity index (χ3v) is 3.15. The fourth-order valence-corrected chi connectivity index (χ4v) is 2.36. The average Bonchev–Trinajstić information content (AvgIpc) is 2.31. The van der Waals surface area contributed by atoms with Crippen molar-refractivity contribution in [2.24, 2.45) is 0 Å². The summed E-state index contributed by atoms with van der Waals surface area (Å²) in [5.74, 6) is 0.961. The Bertz CT molecular complexity index is 367.